The SMILES string of the molecule is c1ccc([C@@]23CCCC[C@H]2CCNCC3)cc1. The smallest absolute Gasteiger partial charge is 0.000624 e. The first-order valence-electron chi connectivity index (χ1n) is 7.18. The molecule has 1 heteroatoms. The van der Waals surface area contributed by atoms with Gasteiger partial charge in [-0.1, -0.05) is 43.2 Å². The molecule has 0 bridgehead atoms. The van der Waals surface area contributed by atoms with Crippen LogP contribution in [0.1, 0.15) is 44.1 Å². The van der Waals surface area contributed by atoms with Gasteiger partial charge in [0.1, 0.15) is 0 Å². The predicted molar refractivity (Wildman–Crippen MR) is 72.2 cm³/mol. The zero-order valence-corrected chi connectivity index (χ0v) is 10.6. The third kappa shape index (κ3) is 2.01. The minimum absolute atomic E-state index is 0.489. The fraction of sp³-hybridized carbons (Fsp3) is 0.625. The Bertz CT molecular complexity index is 359. The molecular weight excluding hydrogens is 206 g/mol. The number of nitrogens with one attached hydrogen (secondary N) is 1. The topological polar surface area (TPSA) is 12.0 Å². The summed E-state index contributed by atoms with van der Waals surface area (Å²) >= 11 is 0. The molecule has 92 valence electrons. The first-order chi connectivity index (χ1) is 8.42. The maximum absolute atomic E-state index is 3.60. The first-order valence-corrected chi connectivity index (χ1v) is 7.18. The van der Waals surface area contributed by atoms with Gasteiger partial charge >= 0.3 is 0 Å². The van der Waals surface area contributed by atoms with Crippen molar-refractivity contribution in [3.05, 3.63) is 35.9 Å². The van der Waals surface area contributed by atoms with Crippen molar-refractivity contribution in [2.45, 2.75) is 43.9 Å². The molecule has 3 rings (SSSR count). The van der Waals surface area contributed by atoms with E-state index in [2.05, 4.69) is 35.6 Å². The summed E-state index contributed by atoms with van der Waals surface area (Å²) in [6, 6.07) is 11.3. The van der Waals surface area contributed by atoms with Gasteiger partial charge in [-0.25, -0.2) is 0 Å². The molecule has 2 aliphatic rings. The second-order valence-corrected chi connectivity index (χ2v) is 5.75. The highest BCUT2D eigenvalue weighted by molar-refractivity contribution is 5.27. The number of rotatable bonds is 1. The molecule has 1 aliphatic heterocycles. The van der Waals surface area contributed by atoms with E-state index in [1.807, 2.05) is 0 Å². The van der Waals surface area contributed by atoms with Crippen molar-refractivity contribution in [1.29, 1.82) is 0 Å². The lowest BCUT2D eigenvalue weighted by molar-refractivity contribution is 0.177. The van der Waals surface area contributed by atoms with Crippen LogP contribution < -0.4 is 5.32 Å². The maximum Gasteiger partial charge on any atom is -0.000624 e. The van der Waals surface area contributed by atoms with Crippen LogP contribution in [0.4, 0.5) is 0 Å². The third-order valence-electron chi connectivity index (χ3n) is 4.97. The van der Waals surface area contributed by atoms with E-state index in [0.29, 0.717) is 5.41 Å². The van der Waals surface area contributed by atoms with E-state index < -0.39 is 0 Å². The molecule has 0 aromatic heterocycles. The average molecular weight is 229 g/mol. The number of fused-ring (bicyclic) bond motifs is 1. The Kier molecular flexibility index (Phi) is 3.19. The summed E-state index contributed by atoms with van der Waals surface area (Å²) < 4.78 is 0. The largest absolute Gasteiger partial charge is 0.317 e. The number of hydrogen-bond donors (Lipinski definition) is 1. The standard InChI is InChI=1S/C16H23N/c1-2-6-14(7-3-1)16-10-5-4-8-15(16)9-12-17-13-11-16/h1-3,6-7,15,17H,4-5,8-13H2/t15-,16-/m0/s1. The number of benzene rings is 1. The first kappa shape index (κ1) is 11.3. The Morgan fingerprint density at radius 3 is 2.71 bits per heavy atom. The van der Waals surface area contributed by atoms with Gasteiger partial charge < -0.3 is 5.32 Å². The molecule has 0 amide bonds. The van der Waals surface area contributed by atoms with E-state index in [1.54, 1.807) is 5.56 Å². The molecule has 1 aliphatic carbocycles. The quantitative estimate of drug-likeness (QED) is 0.777. The Morgan fingerprint density at radius 1 is 0.941 bits per heavy atom. The van der Waals surface area contributed by atoms with Gasteiger partial charge in [-0.3, -0.25) is 0 Å². The predicted octanol–water partition coefficient (Wildman–Crippen LogP) is 3.50. The summed E-state index contributed by atoms with van der Waals surface area (Å²) in [5.74, 6) is 0.911. The highest BCUT2D eigenvalue weighted by Gasteiger charge is 2.41. The molecule has 1 nitrogen and oxygen atoms in total. The molecule has 0 spiro atoms. The van der Waals surface area contributed by atoms with Gasteiger partial charge in [0.05, 0.1) is 0 Å². The molecule has 1 saturated carbocycles. The van der Waals surface area contributed by atoms with E-state index in [0.717, 1.165) is 5.92 Å². The Hall–Kier alpha value is -0.820. The average Bonchev–Trinajstić information content (AvgIpc) is 2.63. The highest BCUT2D eigenvalue weighted by atomic mass is 14.9. The Morgan fingerprint density at radius 2 is 1.82 bits per heavy atom. The van der Waals surface area contributed by atoms with Crippen LogP contribution in [-0.4, -0.2) is 13.1 Å². The van der Waals surface area contributed by atoms with E-state index in [9.17, 15) is 0 Å². The van der Waals surface area contributed by atoms with Crippen molar-refractivity contribution in [3.8, 4) is 0 Å². The fourth-order valence-electron chi connectivity index (χ4n) is 4.07. The minimum atomic E-state index is 0.489. The molecule has 1 aromatic carbocycles. The lowest BCUT2D eigenvalue weighted by atomic mass is 9.60. The van der Waals surface area contributed by atoms with Crippen molar-refractivity contribution in [2.24, 2.45) is 5.92 Å². The summed E-state index contributed by atoms with van der Waals surface area (Å²) in [5, 5.41) is 3.60. The van der Waals surface area contributed by atoms with Crippen LogP contribution in [0.5, 0.6) is 0 Å². The monoisotopic (exact) mass is 229 g/mol. The fourth-order valence-corrected chi connectivity index (χ4v) is 4.07. The zero-order valence-electron chi connectivity index (χ0n) is 10.6. The molecule has 17 heavy (non-hydrogen) atoms. The van der Waals surface area contributed by atoms with Gasteiger partial charge in [-0.05, 0) is 55.7 Å². The molecule has 2 atom stereocenters. The Balaban J connectivity index is 1.99. The molecule has 0 unspecified atom stereocenters. The van der Waals surface area contributed by atoms with Crippen molar-refractivity contribution in [2.75, 3.05) is 13.1 Å². The summed E-state index contributed by atoms with van der Waals surface area (Å²) in [7, 11) is 0. The molecule has 2 fully saturated rings. The van der Waals surface area contributed by atoms with Crippen LogP contribution in [0.15, 0.2) is 30.3 Å². The van der Waals surface area contributed by atoms with Gasteiger partial charge in [0.25, 0.3) is 0 Å². The van der Waals surface area contributed by atoms with E-state index >= 15 is 0 Å². The molecule has 1 N–H and O–H groups in total. The van der Waals surface area contributed by atoms with E-state index in [4.69, 9.17) is 0 Å². The van der Waals surface area contributed by atoms with Crippen LogP contribution in [0.2, 0.25) is 0 Å². The summed E-state index contributed by atoms with van der Waals surface area (Å²) in [5.41, 5.74) is 2.09. The normalized spacial score (nSPS) is 33.8. The van der Waals surface area contributed by atoms with E-state index in [1.165, 1.54) is 51.6 Å². The molecule has 1 saturated heterocycles. The van der Waals surface area contributed by atoms with Crippen molar-refractivity contribution >= 4 is 0 Å². The summed E-state index contributed by atoms with van der Waals surface area (Å²) in [6.07, 6.45) is 8.42. The molecule has 1 heterocycles. The summed E-state index contributed by atoms with van der Waals surface area (Å²) in [6.45, 7) is 2.42. The van der Waals surface area contributed by atoms with Gasteiger partial charge in [-0.15, -0.1) is 0 Å². The van der Waals surface area contributed by atoms with Gasteiger partial charge in [0.15, 0.2) is 0 Å². The van der Waals surface area contributed by atoms with Gasteiger partial charge in [0, 0.05) is 0 Å². The van der Waals surface area contributed by atoms with Gasteiger partial charge in [-0.2, -0.15) is 0 Å². The molecular formula is C16H23N. The van der Waals surface area contributed by atoms with Crippen LogP contribution in [0.25, 0.3) is 0 Å². The van der Waals surface area contributed by atoms with E-state index in [-0.39, 0.29) is 0 Å². The third-order valence-corrected chi connectivity index (χ3v) is 4.97. The second-order valence-electron chi connectivity index (χ2n) is 5.75. The summed E-state index contributed by atoms with van der Waals surface area (Å²) in [4.78, 5) is 0. The minimum Gasteiger partial charge on any atom is -0.317 e. The second kappa shape index (κ2) is 4.81. The van der Waals surface area contributed by atoms with Crippen molar-refractivity contribution < 1.29 is 0 Å². The van der Waals surface area contributed by atoms with Gasteiger partial charge in [0.2, 0.25) is 0 Å². The maximum atomic E-state index is 3.60. The van der Waals surface area contributed by atoms with Crippen LogP contribution in [0, 0.1) is 5.92 Å². The lowest BCUT2D eigenvalue weighted by Gasteiger charge is -2.44. The number of hydrogen-bond acceptors (Lipinski definition) is 1. The zero-order chi connectivity index (χ0) is 11.6. The van der Waals surface area contributed by atoms with Crippen molar-refractivity contribution in [1.82, 2.24) is 5.32 Å². The lowest BCUT2D eigenvalue weighted by Crippen LogP contribution is -2.38. The Labute approximate surface area is 105 Å². The molecule has 1 aromatic rings. The van der Waals surface area contributed by atoms with Crippen LogP contribution in [0.3, 0.4) is 0 Å². The van der Waals surface area contributed by atoms with Crippen molar-refractivity contribution in [3.63, 3.8) is 0 Å². The van der Waals surface area contributed by atoms with Crippen LogP contribution >= 0.6 is 0 Å². The van der Waals surface area contributed by atoms with Crippen LogP contribution in [-0.2, 0) is 5.41 Å². The molecule has 0 radical (unpaired) electrons. The highest BCUT2D eigenvalue weighted by Crippen LogP contribution is 2.48.